The van der Waals surface area contributed by atoms with Crippen LogP contribution in [0.5, 0.6) is 11.5 Å². The van der Waals surface area contributed by atoms with E-state index >= 15 is 0 Å². The highest BCUT2D eigenvalue weighted by Crippen LogP contribution is 2.44. The van der Waals surface area contributed by atoms with Gasteiger partial charge in [-0.1, -0.05) is 30.3 Å². The molecule has 4 rings (SSSR count). The minimum Gasteiger partial charge on any atom is -0.497 e. The molecule has 0 aromatic heterocycles. The fraction of sp³-hybridized carbons (Fsp3) is 0.286. The van der Waals surface area contributed by atoms with Crippen molar-refractivity contribution < 1.29 is 23.7 Å². The van der Waals surface area contributed by atoms with Crippen LogP contribution in [0.2, 0.25) is 0 Å². The van der Waals surface area contributed by atoms with Crippen LogP contribution < -0.4 is 9.47 Å². The molecule has 1 aliphatic carbocycles. The van der Waals surface area contributed by atoms with E-state index in [-0.39, 0.29) is 5.78 Å². The number of hydrogen-bond acceptors (Lipinski definition) is 5. The molecular formula is C21H20O5. The average molecular weight is 352 g/mol. The SMILES string of the molecule is COc1ccc(C2=C(C)[C@H]3OCCO[C@@]3(Oc3ccccc3)C2=O)cc1. The lowest BCUT2D eigenvalue weighted by molar-refractivity contribution is -0.257. The van der Waals surface area contributed by atoms with Crippen molar-refractivity contribution in [2.75, 3.05) is 20.3 Å². The summed E-state index contributed by atoms with van der Waals surface area (Å²) in [5, 5.41) is 0. The summed E-state index contributed by atoms with van der Waals surface area (Å²) >= 11 is 0. The lowest BCUT2D eigenvalue weighted by Gasteiger charge is -2.38. The summed E-state index contributed by atoms with van der Waals surface area (Å²) in [5.41, 5.74) is 2.19. The predicted octanol–water partition coefficient (Wildman–Crippen LogP) is 3.24. The van der Waals surface area contributed by atoms with Crippen LogP contribution in [-0.2, 0) is 14.3 Å². The quantitative estimate of drug-likeness (QED) is 0.845. The van der Waals surface area contributed by atoms with Gasteiger partial charge in [-0.3, -0.25) is 4.79 Å². The van der Waals surface area contributed by atoms with E-state index in [1.54, 1.807) is 19.2 Å². The van der Waals surface area contributed by atoms with Crippen LogP contribution in [-0.4, -0.2) is 38.0 Å². The second-order valence-corrected chi connectivity index (χ2v) is 6.30. The molecule has 0 spiro atoms. The Balaban J connectivity index is 1.75. The number of ketones is 1. The maximum Gasteiger partial charge on any atom is 0.305 e. The Morgan fingerprint density at radius 1 is 1.00 bits per heavy atom. The van der Waals surface area contributed by atoms with Crippen molar-refractivity contribution in [1.82, 2.24) is 0 Å². The molecule has 0 unspecified atom stereocenters. The first kappa shape index (κ1) is 16.8. The normalized spacial score (nSPS) is 25.2. The molecule has 2 atom stereocenters. The Kier molecular flexibility index (Phi) is 4.26. The van der Waals surface area contributed by atoms with E-state index in [0.29, 0.717) is 24.5 Å². The van der Waals surface area contributed by atoms with Crippen molar-refractivity contribution in [3.8, 4) is 11.5 Å². The van der Waals surface area contributed by atoms with Crippen molar-refractivity contribution >= 4 is 11.4 Å². The van der Waals surface area contributed by atoms with Gasteiger partial charge in [0.05, 0.1) is 20.3 Å². The van der Waals surface area contributed by atoms with Crippen LogP contribution in [0, 0.1) is 0 Å². The largest absolute Gasteiger partial charge is 0.497 e. The molecule has 1 aliphatic heterocycles. The molecule has 26 heavy (non-hydrogen) atoms. The minimum absolute atomic E-state index is 0.214. The lowest BCUT2D eigenvalue weighted by Crippen LogP contribution is -2.57. The summed E-state index contributed by atoms with van der Waals surface area (Å²) in [5.74, 6) is -0.384. The molecule has 2 aromatic carbocycles. The number of para-hydroxylation sites is 1. The number of methoxy groups -OCH3 is 1. The van der Waals surface area contributed by atoms with E-state index in [1.165, 1.54) is 0 Å². The van der Waals surface area contributed by atoms with Gasteiger partial charge in [-0.25, -0.2) is 0 Å². The number of rotatable bonds is 4. The first-order valence-electron chi connectivity index (χ1n) is 8.55. The molecule has 1 fully saturated rings. The maximum atomic E-state index is 13.4. The van der Waals surface area contributed by atoms with Crippen LogP contribution in [0.4, 0.5) is 0 Å². The number of hydrogen-bond donors (Lipinski definition) is 0. The van der Waals surface area contributed by atoms with Gasteiger partial charge in [-0.05, 0) is 42.3 Å². The number of benzene rings is 2. The average Bonchev–Trinajstić information content (AvgIpc) is 2.90. The standard InChI is InChI=1S/C21H20O5/c1-14-18(15-8-10-16(23-2)11-9-15)19(22)21(20(14)24-12-13-25-21)26-17-6-4-3-5-7-17/h3-11,20H,12-13H2,1-2H3/t20-,21-/m1/s1. The number of fused-ring (bicyclic) bond motifs is 1. The highest BCUT2D eigenvalue weighted by Gasteiger charge is 2.60. The predicted molar refractivity (Wildman–Crippen MR) is 96.1 cm³/mol. The first-order valence-corrected chi connectivity index (χ1v) is 8.55. The molecule has 2 aromatic rings. The number of carbonyl (C=O) groups excluding carboxylic acids is 1. The summed E-state index contributed by atoms with van der Waals surface area (Å²) in [6, 6.07) is 16.6. The molecular weight excluding hydrogens is 332 g/mol. The lowest BCUT2D eigenvalue weighted by atomic mass is 10.0. The third-order valence-electron chi connectivity index (χ3n) is 4.75. The van der Waals surface area contributed by atoms with Gasteiger partial charge >= 0.3 is 5.79 Å². The monoisotopic (exact) mass is 352 g/mol. The molecule has 0 saturated carbocycles. The second kappa shape index (κ2) is 6.59. The highest BCUT2D eigenvalue weighted by molar-refractivity contribution is 6.28. The van der Waals surface area contributed by atoms with Crippen LogP contribution in [0.3, 0.4) is 0 Å². The Morgan fingerprint density at radius 3 is 2.42 bits per heavy atom. The van der Waals surface area contributed by atoms with E-state index in [9.17, 15) is 4.79 Å². The molecule has 0 amide bonds. The van der Waals surface area contributed by atoms with Crippen molar-refractivity contribution in [2.24, 2.45) is 0 Å². The minimum atomic E-state index is -1.47. The summed E-state index contributed by atoms with van der Waals surface area (Å²) in [6.07, 6.45) is -0.568. The zero-order chi connectivity index (χ0) is 18.1. The molecule has 134 valence electrons. The molecule has 1 saturated heterocycles. The van der Waals surface area contributed by atoms with Gasteiger partial charge in [-0.15, -0.1) is 0 Å². The fourth-order valence-electron chi connectivity index (χ4n) is 3.53. The summed E-state index contributed by atoms with van der Waals surface area (Å²) < 4.78 is 23.1. The molecule has 5 heteroatoms. The molecule has 5 nitrogen and oxygen atoms in total. The third kappa shape index (κ3) is 2.60. The Labute approximate surface area is 152 Å². The van der Waals surface area contributed by atoms with Crippen molar-refractivity contribution in [2.45, 2.75) is 18.8 Å². The summed E-state index contributed by atoms with van der Waals surface area (Å²) in [6.45, 7) is 2.62. The molecule has 0 N–H and O–H groups in total. The van der Waals surface area contributed by atoms with Crippen molar-refractivity contribution in [3.63, 3.8) is 0 Å². The van der Waals surface area contributed by atoms with E-state index in [2.05, 4.69) is 0 Å². The van der Waals surface area contributed by atoms with Gasteiger partial charge in [-0.2, -0.15) is 0 Å². The van der Waals surface area contributed by atoms with Crippen molar-refractivity contribution in [1.29, 1.82) is 0 Å². The molecule has 0 radical (unpaired) electrons. The maximum absolute atomic E-state index is 13.4. The van der Waals surface area contributed by atoms with E-state index < -0.39 is 11.9 Å². The van der Waals surface area contributed by atoms with Gasteiger partial charge in [0.25, 0.3) is 0 Å². The summed E-state index contributed by atoms with van der Waals surface area (Å²) in [7, 11) is 1.61. The molecule has 1 heterocycles. The van der Waals surface area contributed by atoms with Gasteiger partial charge in [0, 0.05) is 5.57 Å². The van der Waals surface area contributed by atoms with Crippen LogP contribution >= 0.6 is 0 Å². The second-order valence-electron chi connectivity index (χ2n) is 6.30. The number of carbonyl (C=O) groups is 1. The molecule has 0 bridgehead atoms. The summed E-state index contributed by atoms with van der Waals surface area (Å²) in [4.78, 5) is 13.4. The molecule has 2 aliphatic rings. The van der Waals surface area contributed by atoms with Crippen LogP contribution in [0.1, 0.15) is 12.5 Å². The van der Waals surface area contributed by atoms with E-state index in [4.69, 9.17) is 18.9 Å². The first-order chi connectivity index (χ1) is 12.7. The van der Waals surface area contributed by atoms with Gasteiger partial charge in [0.2, 0.25) is 5.78 Å². The Morgan fingerprint density at radius 2 is 1.73 bits per heavy atom. The zero-order valence-corrected chi connectivity index (χ0v) is 14.7. The van der Waals surface area contributed by atoms with E-state index in [1.807, 2.05) is 49.4 Å². The van der Waals surface area contributed by atoms with E-state index in [0.717, 1.165) is 16.9 Å². The van der Waals surface area contributed by atoms with Gasteiger partial charge in [0.1, 0.15) is 11.5 Å². The topological polar surface area (TPSA) is 54.0 Å². The van der Waals surface area contributed by atoms with Crippen molar-refractivity contribution in [3.05, 3.63) is 65.7 Å². The zero-order valence-electron chi connectivity index (χ0n) is 14.7. The smallest absolute Gasteiger partial charge is 0.305 e. The highest BCUT2D eigenvalue weighted by atomic mass is 16.7. The van der Waals surface area contributed by atoms with Gasteiger partial charge in [0.15, 0.2) is 6.10 Å². The number of ether oxygens (including phenoxy) is 4. The van der Waals surface area contributed by atoms with Crippen LogP contribution in [0.25, 0.3) is 5.57 Å². The fourth-order valence-corrected chi connectivity index (χ4v) is 3.53. The Hall–Kier alpha value is -2.63. The van der Waals surface area contributed by atoms with Crippen LogP contribution in [0.15, 0.2) is 60.2 Å². The van der Waals surface area contributed by atoms with Gasteiger partial charge < -0.3 is 18.9 Å². The number of Topliss-reactive ketones (excluding diaryl/α,β-unsaturated/α-hetero) is 1. The third-order valence-corrected chi connectivity index (χ3v) is 4.75. The Bertz CT molecular complexity index is 840.